The number of aryl methyl sites for hydroxylation is 1. The van der Waals surface area contributed by atoms with Crippen LogP contribution in [0.2, 0.25) is 0 Å². The molecule has 2 aliphatic rings. The average molecular weight is 289 g/mol. The highest BCUT2D eigenvalue weighted by atomic mass is 16.5. The third kappa shape index (κ3) is 3.11. The Balaban J connectivity index is 1.73. The summed E-state index contributed by atoms with van der Waals surface area (Å²) in [5.74, 6) is 0.574. The number of morpholine rings is 1. The molecule has 0 aromatic heterocycles. The summed E-state index contributed by atoms with van der Waals surface area (Å²) >= 11 is 0. The highest BCUT2D eigenvalue weighted by Gasteiger charge is 2.37. The monoisotopic (exact) mass is 289 g/mol. The fraction of sp³-hybridized carbons (Fsp3) is 0.588. The normalized spacial score (nSPS) is 25.2. The summed E-state index contributed by atoms with van der Waals surface area (Å²) in [6.07, 6.45) is 3.76. The molecule has 1 saturated heterocycles. The number of fused-ring (bicyclic) bond motifs is 3. The number of carbonyl (C=O) groups excluding carboxylic acids is 1. The summed E-state index contributed by atoms with van der Waals surface area (Å²) in [6.45, 7) is 4.27. The van der Waals surface area contributed by atoms with Gasteiger partial charge in [0.05, 0.1) is 12.7 Å². The second-order valence-electron chi connectivity index (χ2n) is 6.12. The lowest BCUT2D eigenvalue weighted by Gasteiger charge is -2.44. The summed E-state index contributed by atoms with van der Waals surface area (Å²) in [7, 11) is 0. The Labute approximate surface area is 125 Å². The van der Waals surface area contributed by atoms with Crippen LogP contribution in [0.4, 0.5) is 0 Å². The van der Waals surface area contributed by atoms with E-state index in [1.54, 1.807) is 13.0 Å². The number of hydrogen-bond acceptors (Lipinski definition) is 4. The van der Waals surface area contributed by atoms with Crippen LogP contribution >= 0.6 is 0 Å². The molecule has 21 heavy (non-hydrogen) atoms. The number of Topliss-reactive ketones (excluding diaryl/α,β-unsaturated/α-hetero) is 1. The van der Waals surface area contributed by atoms with Gasteiger partial charge in [0.25, 0.3) is 0 Å². The number of aromatic hydroxyl groups is 1. The second kappa shape index (κ2) is 6.16. The molecule has 1 aliphatic carbocycles. The number of phenols is 1. The molecule has 0 spiro atoms. The Morgan fingerprint density at radius 2 is 2.33 bits per heavy atom. The van der Waals surface area contributed by atoms with Crippen molar-refractivity contribution in [2.45, 2.75) is 44.8 Å². The van der Waals surface area contributed by atoms with Crippen molar-refractivity contribution in [2.24, 2.45) is 0 Å². The van der Waals surface area contributed by atoms with Crippen molar-refractivity contribution in [1.29, 1.82) is 0 Å². The first-order valence-electron chi connectivity index (χ1n) is 7.82. The highest BCUT2D eigenvalue weighted by Crippen LogP contribution is 2.39. The zero-order valence-electron chi connectivity index (χ0n) is 12.5. The van der Waals surface area contributed by atoms with Crippen LogP contribution in [0.1, 0.15) is 43.4 Å². The van der Waals surface area contributed by atoms with Crippen LogP contribution < -0.4 is 0 Å². The molecule has 1 N–H and O–H groups in total. The van der Waals surface area contributed by atoms with Gasteiger partial charge in [-0.15, -0.1) is 0 Å². The number of rotatable bonds is 4. The van der Waals surface area contributed by atoms with Crippen LogP contribution in [0.3, 0.4) is 0 Å². The molecule has 0 saturated carbocycles. The summed E-state index contributed by atoms with van der Waals surface area (Å²) in [5.41, 5.74) is 2.43. The van der Waals surface area contributed by atoms with Gasteiger partial charge in [-0.2, -0.15) is 0 Å². The topological polar surface area (TPSA) is 49.8 Å². The summed E-state index contributed by atoms with van der Waals surface area (Å²) < 4.78 is 6.00. The van der Waals surface area contributed by atoms with E-state index in [2.05, 4.69) is 4.90 Å². The third-order valence-electron chi connectivity index (χ3n) is 4.61. The van der Waals surface area contributed by atoms with E-state index in [1.165, 1.54) is 5.56 Å². The molecule has 114 valence electrons. The highest BCUT2D eigenvalue weighted by molar-refractivity contribution is 5.75. The van der Waals surface area contributed by atoms with Crippen LogP contribution in [0.15, 0.2) is 18.2 Å². The zero-order valence-corrected chi connectivity index (χ0v) is 12.5. The SMILES string of the molecule is CC(=O)CCCN1CCOC2c3cc(O)ccc3CCC21. The standard InChI is InChI=1S/C17H23NO3/c1-12(19)3-2-8-18-9-10-21-17-15-11-14(20)6-4-13(15)5-7-16(17)18/h4,6,11,16-17,20H,2-3,5,7-10H2,1H3. The number of nitrogens with zero attached hydrogens (tertiary/aromatic N) is 1. The smallest absolute Gasteiger partial charge is 0.129 e. The Morgan fingerprint density at radius 3 is 3.14 bits per heavy atom. The fourth-order valence-electron chi connectivity index (χ4n) is 3.58. The average Bonchev–Trinajstić information content (AvgIpc) is 2.47. The Morgan fingerprint density at radius 1 is 1.48 bits per heavy atom. The third-order valence-corrected chi connectivity index (χ3v) is 4.61. The van der Waals surface area contributed by atoms with Crippen molar-refractivity contribution in [3.63, 3.8) is 0 Å². The molecule has 4 heteroatoms. The number of benzene rings is 1. The van der Waals surface area contributed by atoms with Gasteiger partial charge in [0.2, 0.25) is 0 Å². The molecule has 4 nitrogen and oxygen atoms in total. The first-order valence-corrected chi connectivity index (χ1v) is 7.82. The second-order valence-corrected chi connectivity index (χ2v) is 6.12. The molecule has 2 atom stereocenters. The summed E-state index contributed by atoms with van der Waals surface area (Å²) in [4.78, 5) is 13.6. The minimum atomic E-state index is 0.0620. The van der Waals surface area contributed by atoms with E-state index < -0.39 is 0 Å². The number of ketones is 1. The summed E-state index contributed by atoms with van der Waals surface area (Å²) in [5, 5.41) is 9.74. The molecule has 1 aromatic carbocycles. The van der Waals surface area contributed by atoms with Gasteiger partial charge < -0.3 is 14.6 Å². The predicted molar refractivity (Wildman–Crippen MR) is 80.4 cm³/mol. The van der Waals surface area contributed by atoms with Crippen LogP contribution in [-0.2, 0) is 16.0 Å². The Hall–Kier alpha value is -1.39. The van der Waals surface area contributed by atoms with E-state index in [4.69, 9.17) is 4.74 Å². The van der Waals surface area contributed by atoms with Gasteiger partial charge >= 0.3 is 0 Å². The molecule has 2 unspecified atom stereocenters. The lowest BCUT2D eigenvalue weighted by Crippen LogP contribution is -2.49. The number of hydrogen-bond donors (Lipinski definition) is 1. The molecule has 1 aromatic rings. The maximum absolute atomic E-state index is 11.1. The van der Waals surface area contributed by atoms with Crippen LogP contribution in [-0.4, -0.2) is 41.5 Å². The number of carbonyl (C=O) groups is 1. The largest absolute Gasteiger partial charge is 0.508 e. The van der Waals surface area contributed by atoms with E-state index >= 15 is 0 Å². The van der Waals surface area contributed by atoms with Crippen molar-refractivity contribution in [2.75, 3.05) is 19.7 Å². The zero-order chi connectivity index (χ0) is 14.8. The Bertz CT molecular complexity index is 529. The molecule has 0 radical (unpaired) electrons. The van der Waals surface area contributed by atoms with Gasteiger partial charge in [0.15, 0.2) is 0 Å². The molecule has 1 aliphatic heterocycles. The van der Waals surface area contributed by atoms with Gasteiger partial charge in [0.1, 0.15) is 11.5 Å². The van der Waals surface area contributed by atoms with Gasteiger partial charge in [0, 0.05) is 19.0 Å². The molecular formula is C17H23NO3. The summed E-state index contributed by atoms with van der Waals surface area (Å²) in [6, 6.07) is 6.00. The molecule has 0 bridgehead atoms. The van der Waals surface area contributed by atoms with E-state index in [0.29, 0.717) is 18.2 Å². The van der Waals surface area contributed by atoms with Gasteiger partial charge in [-0.25, -0.2) is 0 Å². The molecule has 1 fully saturated rings. The van der Waals surface area contributed by atoms with E-state index in [9.17, 15) is 9.90 Å². The van der Waals surface area contributed by atoms with Crippen LogP contribution in [0, 0.1) is 0 Å². The number of phenolic OH excluding ortho intramolecular Hbond substituents is 1. The van der Waals surface area contributed by atoms with Crippen molar-refractivity contribution >= 4 is 5.78 Å². The quantitative estimate of drug-likeness (QED) is 0.925. The lowest BCUT2D eigenvalue weighted by atomic mass is 9.84. The minimum absolute atomic E-state index is 0.0620. The van der Waals surface area contributed by atoms with E-state index in [-0.39, 0.29) is 11.9 Å². The van der Waals surface area contributed by atoms with Gasteiger partial charge in [-0.1, -0.05) is 6.07 Å². The van der Waals surface area contributed by atoms with Gasteiger partial charge in [-0.05, 0) is 56.0 Å². The molecule has 0 amide bonds. The predicted octanol–water partition coefficient (Wildman–Crippen LogP) is 2.45. The van der Waals surface area contributed by atoms with Gasteiger partial charge in [-0.3, -0.25) is 4.90 Å². The minimum Gasteiger partial charge on any atom is -0.508 e. The maximum atomic E-state index is 11.1. The Kier molecular flexibility index (Phi) is 4.27. The van der Waals surface area contributed by atoms with Crippen molar-refractivity contribution in [1.82, 2.24) is 4.90 Å². The first-order chi connectivity index (χ1) is 10.1. The van der Waals surface area contributed by atoms with Crippen molar-refractivity contribution in [3.8, 4) is 5.75 Å². The molecule has 3 rings (SSSR count). The molecule has 1 heterocycles. The maximum Gasteiger partial charge on any atom is 0.129 e. The van der Waals surface area contributed by atoms with E-state index in [1.807, 2.05) is 12.1 Å². The van der Waals surface area contributed by atoms with E-state index in [0.717, 1.165) is 44.5 Å². The van der Waals surface area contributed by atoms with Crippen LogP contribution in [0.25, 0.3) is 0 Å². The van der Waals surface area contributed by atoms with Crippen molar-refractivity contribution < 1.29 is 14.6 Å². The lowest BCUT2D eigenvalue weighted by molar-refractivity contribution is -0.117. The number of ether oxygens (including phenoxy) is 1. The van der Waals surface area contributed by atoms with Crippen LogP contribution in [0.5, 0.6) is 5.75 Å². The van der Waals surface area contributed by atoms with Crippen molar-refractivity contribution in [3.05, 3.63) is 29.3 Å². The molecular weight excluding hydrogens is 266 g/mol. The first kappa shape index (κ1) is 14.5. The fourth-order valence-corrected chi connectivity index (χ4v) is 3.58.